The van der Waals surface area contributed by atoms with E-state index in [2.05, 4.69) is 16.4 Å². The van der Waals surface area contributed by atoms with Gasteiger partial charge in [-0.05, 0) is 30.5 Å². The Balaban J connectivity index is 1.43. The van der Waals surface area contributed by atoms with Gasteiger partial charge >= 0.3 is 0 Å². The van der Waals surface area contributed by atoms with Crippen LogP contribution >= 0.6 is 11.3 Å². The van der Waals surface area contributed by atoms with E-state index < -0.39 is 0 Å². The fourth-order valence-electron chi connectivity index (χ4n) is 2.73. The Morgan fingerprint density at radius 2 is 1.92 bits per heavy atom. The van der Waals surface area contributed by atoms with Crippen LogP contribution in [0, 0.1) is 0 Å². The van der Waals surface area contributed by atoms with E-state index >= 15 is 0 Å². The van der Waals surface area contributed by atoms with Crippen molar-refractivity contribution < 1.29 is 9.53 Å². The fraction of sp³-hybridized carbons (Fsp3) is 0.300. The molecule has 0 saturated heterocycles. The minimum Gasteiger partial charge on any atom is -0.375 e. The number of ether oxygens (including phenoxy) is 1. The van der Waals surface area contributed by atoms with Gasteiger partial charge in [0.15, 0.2) is 0 Å². The predicted molar refractivity (Wildman–Crippen MR) is 102 cm³/mol. The molecule has 0 radical (unpaired) electrons. The van der Waals surface area contributed by atoms with E-state index in [0.29, 0.717) is 13.0 Å². The molecule has 4 nitrogen and oxygen atoms in total. The molecule has 25 heavy (non-hydrogen) atoms. The Kier molecular flexibility index (Phi) is 6.14. The van der Waals surface area contributed by atoms with Crippen molar-refractivity contribution in [3.63, 3.8) is 0 Å². The summed E-state index contributed by atoms with van der Waals surface area (Å²) in [5.74, 6) is 0.0547. The lowest BCUT2D eigenvalue weighted by atomic mass is 10.1. The van der Waals surface area contributed by atoms with Crippen LogP contribution in [0.2, 0.25) is 0 Å². The number of methoxy groups -OCH3 is 1. The highest BCUT2D eigenvalue weighted by atomic mass is 32.1. The smallest absolute Gasteiger partial charge is 0.220 e. The highest BCUT2D eigenvalue weighted by Crippen LogP contribution is 2.22. The summed E-state index contributed by atoms with van der Waals surface area (Å²) < 4.78 is 6.67. The van der Waals surface area contributed by atoms with Gasteiger partial charge in [-0.15, -0.1) is 11.3 Å². The van der Waals surface area contributed by atoms with Crippen molar-refractivity contribution in [3.8, 4) is 0 Å². The van der Waals surface area contributed by atoms with E-state index in [-0.39, 0.29) is 12.0 Å². The number of fused-ring (bicyclic) bond motifs is 1. The van der Waals surface area contributed by atoms with Crippen LogP contribution in [-0.4, -0.2) is 24.5 Å². The first-order chi connectivity index (χ1) is 12.3. The first-order valence-electron chi connectivity index (χ1n) is 8.45. The summed E-state index contributed by atoms with van der Waals surface area (Å²) in [4.78, 5) is 16.7. The van der Waals surface area contributed by atoms with Crippen LogP contribution in [0.5, 0.6) is 0 Å². The number of hydrogen-bond donors (Lipinski definition) is 1. The lowest BCUT2D eigenvalue weighted by Gasteiger charge is -2.16. The number of aryl methyl sites for hydroxylation is 1. The van der Waals surface area contributed by atoms with Crippen molar-refractivity contribution in [2.75, 3.05) is 13.7 Å². The molecule has 1 amide bonds. The number of benzene rings is 2. The monoisotopic (exact) mass is 354 g/mol. The zero-order chi connectivity index (χ0) is 17.5. The molecule has 5 heteroatoms. The van der Waals surface area contributed by atoms with Gasteiger partial charge in [-0.2, -0.15) is 0 Å². The average Bonchev–Trinajstić information content (AvgIpc) is 3.06. The molecule has 1 atom stereocenters. The first kappa shape index (κ1) is 17.6. The highest BCUT2D eigenvalue weighted by molar-refractivity contribution is 7.18. The molecule has 130 valence electrons. The molecule has 1 N–H and O–H groups in total. The number of hydrogen-bond acceptors (Lipinski definition) is 4. The summed E-state index contributed by atoms with van der Waals surface area (Å²) in [5, 5.41) is 4.05. The molecule has 0 aliphatic heterocycles. The molecule has 0 saturated carbocycles. The topological polar surface area (TPSA) is 51.2 Å². The lowest BCUT2D eigenvalue weighted by Crippen LogP contribution is -2.29. The molecule has 3 aromatic rings. The van der Waals surface area contributed by atoms with E-state index in [0.717, 1.165) is 28.9 Å². The van der Waals surface area contributed by atoms with Crippen molar-refractivity contribution in [1.82, 2.24) is 10.3 Å². The highest BCUT2D eigenvalue weighted by Gasteiger charge is 2.12. The second-order valence-corrected chi connectivity index (χ2v) is 6.98. The molecule has 3 rings (SSSR count). The van der Waals surface area contributed by atoms with Crippen molar-refractivity contribution >= 4 is 27.5 Å². The van der Waals surface area contributed by atoms with Gasteiger partial charge in [0, 0.05) is 20.1 Å². The standard InChI is InChI=1S/C20H22N2O2S/c1-24-17(15-8-3-2-4-9-15)14-21-19(23)12-7-13-20-22-16-10-5-6-11-18(16)25-20/h2-6,8-11,17H,7,12-14H2,1H3,(H,21,23). The minimum atomic E-state index is -0.116. The van der Waals surface area contributed by atoms with E-state index in [1.807, 2.05) is 48.5 Å². The molecule has 0 aliphatic rings. The fourth-order valence-corrected chi connectivity index (χ4v) is 3.74. The van der Waals surface area contributed by atoms with E-state index in [9.17, 15) is 4.79 Å². The van der Waals surface area contributed by atoms with Crippen LogP contribution in [-0.2, 0) is 16.0 Å². The number of nitrogens with one attached hydrogen (secondary N) is 1. The van der Waals surface area contributed by atoms with Gasteiger partial charge in [-0.25, -0.2) is 4.98 Å². The normalized spacial score (nSPS) is 12.2. The molecule has 0 spiro atoms. The third kappa shape index (κ3) is 4.87. The van der Waals surface area contributed by atoms with Gasteiger partial charge < -0.3 is 10.1 Å². The Bertz CT molecular complexity index is 784. The maximum Gasteiger partial charge on any atom is 0.220 e. The Morgan fingerprint density at radius 1 is 1.16 bits per heavy atom. The minimum absolute atomic E-state index is 0.0547. The van der Waals surface area contributed by atoms with Crippen LogP contribution in [0.3, 0.4) is 0 Å². The zero-order valence-corrected chi connectivity index (χ0v) is 15.1. The molecule has 0 bridgehead atoms. The SMILES string of the molecule is COC(CNC(=O)CCCc1nc2ccccc2s1)c1ccccc1. The van der Waals surface area contributed by atoms with E-state index in [4.69, 9.17) is 4.74 Å². The number of carbonyl (C=O) groups excluding carboxylic acids is 1. The molecular weight excluding hydrogens is 332 g/mol. The second kappa shape index (κ2) is 8.74. The maximum atomic E-state index is 12.1. The largest absolute Gasteiger partial charge is 0.375 e. The lowest BCUT2D eigenvalue weighted by molar-refractivity contribution is -0.121. The summed E-state index contributed by atoms with van der Waals surface area (Å²) in [6.45, 7) is 0.487. The summed E-state index contributed by atoms with van der Waals surface area (Å²) in [6, 6.07) is 18.1. The Labute approximate surface area is 151 Å². The third-order valence-electron chi connectivity index (χ3n) is 4.07. The van der Waals surface area contributed by atoms with Crippen molar-refractivity contribution in [1.29, 1.82) is 0 Å². The molecule has 1 unspecified atom stereocenters. The number of amides is 1. The number of para-hydroxylation sites is 1. The van der Waals surface area contributed by atoms with Crippen LogP contribution in [0.4, 0.5) is 0 Å². The van der Waals surface area contributed by atoms with E-state index in [1.165, 1.54) is 4.70 Å². The number of carbonyl (C=O) groups is 1. The predicted octanol–water partition coefficient (Wildman–Crippen LogP) is 4.12. The maximum absolute atomic E-state index is 12.1. The zero-order valence-electron chi connectivity index (χ0n) is 14.3. The molecular formula is C20H22N2O2S. The van der Waals surface area contributed by atoms with Crippen molar-refractivity contribution in [2.24, 2.45) is 0 Å². The van der Waals surface area contributed by atoms with Crippen molar-refractivity contribution in [3.05, 3.63) is 65.2 Å². The molecule has 0 aliphatic carbocycles. The first-order valence-corrected chi connectivity index (χ1v) is 9.27. The molecule has 2 aromatic carbocycles. The van der Waals surface area contributed by atoms with Gasteiger partial charge in [0.2, 0.25) is 5.91 Å². The summed E-state index contributed by atoms with van der Waals surface area (Å²) in [5.41, 5.74) is 2.11. The molecule has 0 fully saturated rings. The van der Waals surface area contributed by atoms with Gasteiger partial charge in [-0.3, -0.25) is 4.79 Å². The quantitative estimate of drug-likeness (QED) is 0.662. The summed E-state index contributed by atoms with van der Waals surface area (Å²) >= 11 is 1.71. The van der Waals surface area contributed by atoms with Gasteiger partial charge in [0.25, 0.3) is 0 Å². The number of thiazole rings is 1. The van der Waals surface area contributed by atoms with E-state index in [1.54, 1.807) is 18.4 Å². The Hall–Kier alpha value is -2.24. The van der Waals surface area contributed by atoms with Crippen LogP contribution in [0.25, 0.3) is 10.2 Å². The van der Waals surface area contributed by atoms with Gasteiger partial charge in [0.1, 0.15) is 0 Å². The number of nitrogens with zero attached hydrogens (tertiary/aromatic N) is 1. The number of aromatic nitrogens is 1. The molecule has 1 aromatic heterocycles. The van der Waals surface area contributed by atoms with Crippen molar-refractivity contribution in [2.45, 2.75) is 25.4 Å². The summed E-state index contributed by atoms with van der Waals surface area (Å²) in [6.07, 6.45) is 2.02. The van der Waals surface area contributed by atoms with Crippen LogP contribution in [0.15, 0.2) is 54.6 Å². The van der Waals surface area contributed by atoms with Gasteiger partial charge in [0.05, 0.1) is 21.3 Å². The average molecular weight is 354 g/mol. The van der Waals surface area contributed by atoms with Crippen LogP contribution in [0.1, 0.15) is 29.5 Å². The second-order valence-electron chi connectivity index (χ2n) is 5.87. The number of rotatable bonds is 8. The van der Waals surface area contributed by atoms with Crippen LogP contribution < -0.4 is 5.32 Å². The third-order valence-corrected chi connectivity index (χ3v) is 5.17. The van der Waals surface area contributed by atoms with Gasteiger partial charge in [-0.1, -0.05) is 42.5 Å². The molecule has 1 heterocycles. The Morgan fingerprint density at radius 3 is 2.68 bits per heavy atom. The summed E-state index contributed by atoms with van der Waals surface area (Å²) in [7, 11) is 1.66.